The van der Waals surface area contributed by atoms with Gasteiger partial charge in [-0.3, -0.25) is 4.79 Å². The second kappa shape index (κ2) is 7.17. The molecule has 0 fully saturated rings. The molecule has 1 aromatic carbocycles. The van der Waals surface area contributed by atoms with Gasteiger partial charge >= 0.3 is 5.97 Å². The highest BCUT2D eigenvalue weighted by Gasteiger charge is 2.24. The van der Waals surface area contributed by atoms with E-state index in [2.05, 4.69) is 22.4 Å². The molecular weight excluding hydrogens is 258 g/mol. The van der Waals surface area contributed by atoms with Gasteiger partial charge in [-0.25, -0.2) is 4.99 Å². The van der Waals surface area contributed by atoms with E-state index in [0.29, 0.717) is 6.42 Å². The number of hydrogen-bond donors (Lipinski definition) is 0. The molecule has 0 aliphatic rings. The molecule has 0 amide bonds. The summed E-state index contributed by atoms with van der Waals surface area (Å²) < 4.78 is 5.27. The van der Waals surface area contributed by atoms with Crippen molar-refractivity contribution in [1.82, 2.24) is 0 Å². The van der Waals surface area contributed by atoms with Gasteiger partial charge in [-0.2, -0.15) is 0 Å². The zero-order valence-corrected chi connectivity index (χ0v) is 12.4. The summed E-state index contributed by atoms with van der Waals surface area (Å²) in [5.74, 6) is -0.231. The molecule has 0 aromatic heterocycles. The molecule has 1 rings (SSSR count). The van der Waals surface area contributed by atoms with Crippen molar-refractivity contribution in [1.29, 1.82) is 0 Å². The van der Waals surface area contributed by atoms with Crippen LogP contribution in [0.5, 0.6) is 0 Å². The Balaban J connectivity index is 2.59. The lowest BCUT2D eigenvalue weighted by Gasteiger charge is -2.18. The zero-order chi connectivity index (χ0) is 14.3. The first-order valence-corrected chi connectivity index (χ1v) is 6.62. The fourth-order valence-corrected chi connectivity index (χ4v) is 1.64. The number of benzene rings is 1. The number of thiocarbonyl (C=S) groups is 1. The Hall–Kier alpha value is -1.51. The molecule has 4 heteroatoms. The largest absolute Gasteiger partial charge is 0.463 e. The van der Waals surface area contributed by atoms with Crippen LogP contribution in [0.1, 0.15) is 26.3 Å². The summed E-state index contributed by atoms with van der Waals surface area (Å²) in [6.07, 6.45) is 0.682. The van der Waals surface area contributed by atoms with Gasteiger partial charge in [0.15, 0.2) is 0 Å². The number of aliphatic imine (C=N–C) groups is 1. The van der Waals surface area contributed by atoms with Gasteiger partial charge in [-0.05, 0) is 45.0 Å². The molecular formula is C15H19NO2S. The molecule has 0 radical (unpaired) electrons. The maximum atomic E-state index is 11.7. The number of isothiocyanates is 1. The number of carbonyl (C=O) groups excluding carboxylic acids is 1. The Labute approximate surface area is 119 Å². The monoisotopic (exact) mass is 277 g/mol. The van der Waals surface area contributed by atoms with Gasteiger partial charge in [0.05, 0.1) is 16.6 Å². The van der Waals surface area contributed by atoms with Gasteiger partial charge in [0.2, 0.25) is 0 Å². The normalized spacial score (nSPS) is 12.4. The van der Waals surface area contributed by atoms with Crippen LogP contribution in [0.2, 0.25) is 0 Å². The Kier molecular flexibility index (Phi) is 5.87. The number of esters is 1. The smallest absolute Gasteiger partial charge is 0.311 e. The van der Waals surface area contributed by atoms with Crippen molar-refractivity contribution >= 4 is 23.3 Å². The summed E-state index contributed by atoms with van der Waals surface area (Å²) in [6.45, 7) is 5.70. The van der Waals surface area contributed by atoms with Crippen LogP contribution in [0.3, 0.4) is 0 Å². The summed E-state index contributed by atoms with van der Waals surface area (Å²) in [6, 6.07) is 9.74. The first-order valence-electron chi connectivity index (χ1n) is 6.21. The summed E-state index contributed by atoms with van der Waals surface area (Å²) in [4.78, 5) is 15.8. The van der Waals surface area contributed by atoms with E-state index < -0.39 is 5.41 Å². The maximum Gasteiger partial charge on any atom is 0.311 e. The first-order chi connectivity index (χ1) is 8.93. The van der Waals surface area contributed by atoms with E-state index in [1.165, 1.54) is 0 Å². The van der Waals surface area contributed by atoms with E-state index in [1.807, 2.05) is 51.1 Å². The highest BCUT2D eigenvalue weighted by molar-refractivity contribution is 7.78. The average Bonchev–Trinajstić information content (AvgIpc) is 2.36. The molecule has 19 heavy (non-hydrogen) atoms. The predicted molar refractivity (Wildman–Crippen MR) is 79.4 cm³/mol. The van der Waals surface area contributed by atoms with Crippen LogP contribution in [0.4, 0.5) is 0 Å². The third-order valence-corrected chi connectivity index (χ3v) is 2.67. The van der Waals surface area contributed by atoms with E-state index in [1.54, 1.807) is 0 Å². The maximum absolute atomic E-state index is 11.7. The molecule has 0 aliphatic carbocycles. The molecule has 0 saturated heterocycles. The Morgan fingerprint density at radius 2 is 2.00 bits per heavy atom. The fourth-order valence-electron chi connectivity index (χ4n) is 1.49. The summed E-state index contributed by atoms with van der Waals surface area (Å²) >= 11 is 4.64. The number of rotatable bonds is 5. The molecule has 0 saturated carbocycles. The van der Waals surface area contributed by atoms with Crippen molar-refractivity contribution in [2.45, 2.75) is 33.2 Å². The van der Waals surface area contributed by atoms with Gasteiger partial charge in [-0.15, -0.1) is 0 Å². The molecule has 0 spiro atoms. The highest BCUT2D eigenvalue weighted by Crippen LogP contribution is 2.16. The second-order valence-electron chi connectivity index (χ2n) is 5.41. The second-order valence-corrected chi connectivity index (χ2v) is 5.59. The van der Waals surface area contributed by atoms with E-state index in [-0.39, 0.29) is 18.6 Å². The van der Waals surface area contributed by atoms with Crippen molar-refractivity contribution in [3.63, 3.8) is 0 Å². The Morgan fingerprint density at radius 1 is 1.37 bits per heavy atom. The molecule has 0 aliphatic heterocycles. The minimum atomic E-state index is -0.501. The summed E-state index contributed by atoms with van der Waals surface area (Å²) in [7, 11) is 0. The fraction of sp³-hybridized carbons (Fsp3) is 0.467. The van der Waals surface area contributed by atoms with Crippen molar-refractivity contribution in [3.05, 3.63) is 35.9 Å². The van der Waals surface area contributed by atoms with Gasteiger partial charge in [0.1, 0.15) is 6.61 Å². The SMILES string of the molecule is CC(C)(C)C(=O)OC[C@@H](Cc1ccccc1)N=C=S. The molecule has 0 heterocycles. The third-order valence-electron chi connectivity index (χ3n) is 2.57. The average molecular weight is 277 g/mol. The van der Waals surface area contributed by atoms with Crippen LogP contribution >= 0.6 is 12.2 Å². The minimum absolute atomic E-state index is 0.175. The van der Waals surface area contributed by atoms with Gasteiger partial charge in [0.25, 0.3) is 0 Å². The van der Waals surface area contributed by atoms with E-state index in [0.717, 1.165) is 5.56 Å². The number of carbonyl (C=O) groups is 1. The van der Waals surface area contributed by atoms with Crippen LogP contribution in [0.25, 0.3) is 0 Å². The molecule has 1 atom stereocenters. The lowest BCUT2D eigenvalue weighted by molar-refractivity contribution is -0.153. The summed E-state index contributed by atoms with van der Waals surface area (Å²) in [5.41, 5.74) is 0.631. The van der Waals surface area contributed by atoms with Crippen molar-refractivity contribution in [2.24, 2.45) is 10.4 Å². The Morgan fingerprint density at radius 3 is 2.53 bits per heavy atom. The van der Waals surface area contributed by atoms with Crippen molar-refractivity contribution in [3.8, 4) is 0 Å². The first kappa shape index (κ1) is 15.5. The van der Waals surface area contributed by atoms with Crippen LogP contribution in [-0.4, -0.2) is 23.8 Å². The number of hydrogen-bond acceptors (Lipinski definition) is 4. The van der Waals surface area contributed by atoms with E-state index in [9.17, 15) is 4.79 Å². The molecule has 0 bridgehead atoms. The quantitative estimate of drug-likeness (QED) is 0.471. The zero-order valence-electron chi connectivity index (χ0n) is 11.6. The van der Waals surface area contributed by atoms with Crippen LogP contribution < -0.4 is 0 Å². The highest BCUT2D eigenvalue weighted by atomic mass is 32.1. The predicted octanol–water partition coefficient (Wildman–Crippen LogP) is 3.29. The van der Waals surface area contributed by atoms with Crippen molar-refractivity contribution in [2.75, 3.05) is 6.61 Å². The van der Waals surface area contributed by atoms with E-state index in [4.69, 9.17) is 4.74 Å². The third kappa shape index (κ3) is 5.77. The molecule has 3 nitrogen and oxygen atoms in total. The van der Waals surface area contributed by atoms with Crippen molar-refractivity contribution < 1.29 is 9.53 Å². The van der Waals surface area contributed by atoms with E-state index >= 15 is 0 Å². The number of nitrogens with zero attached hydrogens (tertiary/aromatic N) is 1. The molecule has 0 N–H and O–H groups in total. The standard InChI is InChI=1S/C15H19NO2S/c1-15(2,3)14(17)18-10-13(16-11-19)9-12-7-5-4-6-8-12/h4-8,13H,9-10H2,1-3H3/t13-/m1/s1. The molecule has 0 unspecified atom stereocenters. The minimum Gasteiger partial charge on any atom is -0.463 e. The molecule has 1 aromatic rings. The lowest BCUT2D eigenvalue weighted by atomic mass is 9.97. The number of ether oxygens (including phenoxy) is 1. The van der Waals surface area contributed by atoms with Crippen LogP contribution in [0, 0.1) is 5.41 Å². The van der Waals surface area contributed by atoms with Crippen LogP contribution in [-0.2, 0) is 16.0 Å². The Bertz CT molecular complexity index is 459. The topological polar surface area (TPSA) is 38.7 Å². The van der Waals surface area contributed by atoms with Gasteiger partial charge in [-0.1, -0.05) is 30.3 Å². The lowest BCUT2D eigenvalue weighted by Crippen LogP contribution is -2.27. The van der Waals surface area contributed by atoms with Crippen LogP contribution in [0.15, 0.2) is 35.3 Å². The summed E-state index contributed by atoms with van der Waals surface area (Å²) in [5, 5.41) is 2.37. The van der Waals surface area contributed by atoms with Gasteiger partial charge in [0, 0.05) is 0 Å². The van der Waals surface area contributed by atoms with Gasteiger partial charge < -0.3 is 4.74 Å². The molecule has 102 valence electrons.